The van der Waals surface area contributed by atoms with Crippen LogP contribution >= 0.6 is 11.8 Å². The summed E-state index contributed by atoms with van der Waals surface area (Å²) in [5.74, 6) is 2.55. The molecule has 4 rings (SSSR count). The average Bonchev–Trinajstić information content (AvgIpc) is 3.30. The number of aryl methyl sites for hydroxylation is 1. The van der Waals surface area contributed by atoms with Crippen molar-refractivity contribution in [2.75, 3.05) is 58.2 Å². The average molecular weight is 652 g/mol. The molecular weight excluding hydrogens is 610 g/mol. The molecule has 0 fully saturated rings. The number of rotatable bonds is 13. The van der Waals surface area contributed by atoms with E-state index in [1.807, 2.05) is 18.4 Å². The van der Waals surface area contributed by atoms with Crippen LogP contribution < -0.4 is 45.1 Å². The first-order valence-electron chi connectivity index (χ1n) is 14.7. The number of fused-ring (bicyclic) bond motifs is 3. The van der Waals surface area contributed by atoms with Crippen LogP contribution in [0, 0.1) is 0 Å². The second-order valence-corrected chi connectivity index (χ2v) is 11.6. The Morgan fingerprint density at radius 2 is 1.61 bits per heavy atom. The fourth-order valence-electron chi connectivity index (χ4n) is 5.64. The normalized spacial score (nSPS) is 14.0. The maximum Gasteiger partial charge on any atom is 0.246 e. The molecule has 46 heavy (non-hydrogen) atoms. The Balaban J connectivity index is 1.82. The number of hydrogen-bond donors (Lipinski definition) is 3. The molecule has 0 saturated heterocycles. The van der Waals surface area contributed by atoms with Crippen molar-refractivity contribution in [1.29, 1.82) is 0 Å². The minimum Gasteiger partial charge on any atom is -0.497 e. The van der Waals surface area contributed by atoms with Gasteiger partial charge in [0.2, 0.25) is 23.0 Å². The van der Waals surface area contributed by atoms with Crippen LogP contribution in [0.3, 0.4) is 0 Å². The molecule has 11 nitrogen and oxygen atoms in total. The molecule has 0 unspecified atom stereocenters. The molecule has 1 aliphatic carbocycles. The van der Waals surface area contributed by atoms with Crippen LogP contribution in [0.5, 0.6) is 28.7 Å². The van der Waals surface area contributed by atoms with E-state index >= 15 is 0 Å². The van der Waals surface area contributed by atoms with Crippen LogP contribution in [-0.2, 0) is 16.0 Å². The largest absolute Gasteiger partial charge is 0.497 e. The number of benzene rings is 2. The van der Waals surface area contributed by atoms with Gasteiger partial charge in [0.15, 0.2) is 11.5 Å². The molecule has 0 bridgehead atoms. The van der Waals surface area contributed by atoms with Crippen molar-refractivity contribution in [3.8, 4) is 39.9 Å². The van der Waals surface area contributed by atoms with Gasteiger partial charge >= 0.3 is 0 Å². The monoisotopic (exact) mass is 651 g/mol. The van der Waals surface area contributed by atoms with Gasteiger partial charge < -0.3 is 39.6 Å². The summed E-state index contributed by atoms with van der Waals surface area (Å²) in [6, 6.07) is 10.8. The van der Waals surface area contributed by atoms with Crippen molar-refractivity contribution in [2.45, 2.75) is 38.3 Å². The standard InChI is InChI=1S/C34H41N3O8S/c1-19(38)35-24-11-8-20-16-30(43-4)32(44-5)33(45-6)31(20)22-10-13-25(28(39)18-23(22)24)36-27(14-15-46-7)34(40)37-26-12-9-21(41-2)17-29(26)42-3/h9-10,12-13,16-18,24,27H,8,11,14-15H2,1-7H3,(H,35,38)(H,36,39)(H,37,40)/t24-,27+/m1/s1. The van der Waals surface area contributed by atoms with E-state index in [1.54, 1.807) is 57.4 Å². The summed E-state index contributed by atoms with van der Waals surface area (Å²) >= 11 is 1.59. The van der Waals surface area contributed by atoms with Gasteiger partial charge in [-0.15, -0.1) is 0 Å². The van der Waals surface area contributed by atoms with E-state index in [-0.39, 0.29) is 22.9 Å². The molecule has 2 atom stereocenters. The summed E-state index contributed by atoms with van der Waals surface area (Å²) in [5.41, 5.74) is 3.37. The fraction of sp³-hybridized carbons (Fsp3) is 0.382. The number of hydrogen-bond acceptors (Lipinski definition) is 10. The minimum absolute atomic E-state index is 0.218. The molecule has 2 amide bonds. The van der Waals surface area contributed by atoms with Crippen LogP contribution in [-0.4, -0.2) is 65.4 Å². The number of carbonyl (C=O) groups is 2. The number of methoxy groups -OCH3 is 5. The van der Waals surface area contributed by atoms with E-state index < -0.39 is 12.1 Å². The van der Waals surface area contributed by atoms with Crippen LogP contribution in [0.15, 0.2) is 47.3 Å². The van der Waals surface area contributed by atoms with Crippen molar-refractivity contribution >= 4 is 35.0 Å². The second-order valence-electron chi connectivity index (χ2n) is 10.6. The van der Waals surface area contributed by atoms with Crippen LogP contribution in [0.4, 0.5) is 11.4 Å². The van der Waals surface area contributed by atoms with E-state index in [1.165, 1.54) is 27.2 Å². The van der Waals surface area contributed by atoms with Gasteiger partial charge in [0.05, 0.1) is 53.0 Å². The predicted octanol–water partition coefficient (Wildman–Crippen LogP) is 5.05. The summed E-state index contributed by atoms with van der Waals surface area (Å²) in [6.45, 7) is 1.45. The first-order chi connectivity index (χ1) is 22.2. The molecule has 0 radical (unpaired) electrons. The zero-order valence-corrected chi connectivity index (χ0v) is 28.0. The summed E-state index contributed by atoms with van der Waals surface area (Å²) in [7, 11) is 7.71. The highest BCUT2D eigenvalue weighted by Crippen LogP contribution is 2.50. The molecule has 3 aromatic rings. The molecule has 0 saturated carbocycles. The maximum atomic E-state index is 13.9. The van der Waals surface area contributed by atoms with E-state index in [9.17, 15) is 14.4 Å². The lowest BCUT2D eigenvalue weighted by molar-refractivity contribution is -0.120. The van der Waals surface area contributed by atoms with Gasteiger partial charge in [0, 0.05) is 18.6 Å². The fourth-order valence-corrected chi connectivity index (χ4v) is 6.11. The van der Waals surface area contributed by atoms with E-state index in [4.69, 9.17) is 23.7 Å². The first-order valence-corrected chi connectivity index (χ1v) is 16.1. The van der Waals surface area contributed by atoms with E-state index in [0.717, 1.165) is 11.1 Å². The smallest absolute Gasteiger partial charge is 0.246 e. The van der Waals surface area contributed by atoms with Gasteiger partial charge in [-0.2, -0.15) is 11.8 Å². The molecule has 246 valence electrons. The number of carbonyl (C=O) groups excluding carboxylic acids is 2. The molecular formula is C34H41N3O8S. The third-order valence-electron chi connectivity index (χ3n) is 7.84. The Morgan fingerprint density at radius 3 is 2.24 bits per heavy atom. The third-order valence-corrected chi connectivity index (χ3v) is 8.48. The lowest BCUT2D eigenvalue weighted by Gasteiger charge is -2.20. The SMILES string of the molecule is COc1ccc(NC(=O)[C@H](CCSC)Nc2ccc3c(cc2=O)[C@H](NC(C)=O)CCc2cc(OC)c(OC)c(OC)c2-3)c(OC)c1. The quantitative estimate of drug-likeness (QED) is 0.231. The Hall–Kier alpha value is -4.58. The van der Waals surface area contributed by atoms with Gasteiger partial charge in [-0.1, -0.05) is 6.07 Å². The molecule has 0 spiro atoms. The lowest BCUT2D eigenvalue weighted by atomic mass is 9.95. The molecule has 3 aromatic carbocycles. The zero-order valence-electron chi connectivity index (χ0n) is 27.2. The summed E-state index contributed by atoms with van der Waals surface area (Å²) in [6.07, 6.45) is 3.52. The zero-order chi connectivity index (χ0) is 33.4. The highest BCUT2D eigenvalue weighted by Gasteiger charge is 2.30. The summed E-state index contributed by atoms with van der Waals surface area (Å²) in [4.78, 5) is 39.8. The van der Waals surface area contributed by atoms with Crippen molar-refractivity contribution in [3.05, 3.63) is 63.8 Å². The predicted molar refractivity (Wildman–Crippen MR) is 181 cm³/mol. The molecule has 1 aliphatic rings. The summed E-state index contributed by atoms with van der Waals surface area (Å²) < 4.78 is 27.9. The summed E-state index contributed by atoms with van der Waals surface area (Å²) in [5, 5.41) is 9.14. The Bertz CT molecular complexity index is 1650. The minimum atomic E-state index is -0.744. The van der Waals surface area contributed by atoms with E-state index in [2.05, 4.69) is 16.0 Å². The first kappa shape index (κ1) is 34.3. The van der Waals surface area contributed by atoms with Crippen LogP contribution in [0.1, 0.15) is 36.9 Å². The van der Waals surface area contributed by atoms with Crippen molar-refractivity contribution in [3.63, 3.8) is 0 Å². The third kappa shape index (κ3) is 7.44. The second kappa shape index (κ2) is 15.6. The van der Waals surface area contributed by atoms with Gasteiger partial charge in [0.1, 0.15) is 17.5 Å². The number of thioether (sulfide) groups is 1. The number of ether oxygens (including phenoxy) is 5. The van der Waals surface area contributed by atoms with Crippen LogP contribution in [0.25, 0.3) is 11.1 Å². The van der Waals surface area contributed by atoms with Gasteiger partial charge in [-0.3, -0.25) is 14.4 Å². The lowest BCUT2D eigenvalue weighted by Crippen LogP contribution is -2.36. The Morgan fingerprint density at radius 1 is 0.891 bits per heavy atom. The van der Waals surface area contributed by atoms with Gasteiger partial charge in [-0.05, 0) is 78.3 Å². The maximum absolute atomic E-state index is 13.9. The highest BCUT2D eigenvalue weighted by molar-refractivity contribution is 7.98. The molecule has 3 N–H and O–H groups in total. The van der Waals surface area contributed by atoms with Gasteiger partial charge in [-0.25, -0.2) is 0 Å². The van der Waals surface area contributed by atoms with Crippen molar-refractivity contribution < 1.29 is 33.3 Å². The molecule has 0 heterocycles. The molecule has 12 heteroatoms. The number of amides is 2. The number of nitrogens with one attached hydrogen (secondary N) is 3. The van der Waals surface area contributed by atoms with Gasteiger partial charge in [0.25, 0.3) is 0 Å². The highest BCUT2D eigenvalue weighted by atomic mass is 32.2. The van der Waals surface area contributed by atoms with Crippen LogP contribution in [0.2, 0.25) is 0 Å². The van der Waals surface area contributed by atoms with Crippen molar-refractivity contribution in [1.82, 2.24) is 5.32 Å². The van der Waals surface area contributed by atoms with Crippen molar-refractivity contribution in [2.24, 2.45) is 0 Å². The topological polar surface area (TPSA) is 133 Å². The molecule has 0 aliphatic heterocycles. The van der Waals surface area contributed by atoms with E-state index in [0.29, 0.717) is 70.6 Å². The molecule has 0 aromatic heterocycles. The Kier molecular flexibility index (Phi) is 11.6. The Labute approximate surface area is 273 Å². The number of anilines is 2.